The van der Waals surface area contributed by atoms with E-state index in [9.17, 15) is 18.7 Å². The minimum Gasteiger partial charge on any atom is -0.503 e. The Morgan fingerprint density at radius 2 is 2.00 bits per heavy atom. The van der Waals surface area contributed by atoms with Crippen molar-refractivity contribution >= 4 is 23.5 Å². The Bertz CT molecular complexity index is 757. The van der Waals surface area contributed by atoms with E-state index >= 15 is 0 Å². The highest BCUT2D eigenvalue weighted by Gasteiger charge is 2.11. The molecule has 0 unspecified atom stereocenters. The van der Waals surface area contributed by atoms with Gasteiger partial charge in [0.25, 0.3) is 0 Å². The van der Waals surface area contributed by atoms with Crippen LogP contribution in [0.3, 0.4) is 0 Å². The van der Waals surface area contributed by atoms with E-state index in [0.717, 1.165) is 24.3 Å². The zero-order chi connectivity index (χ0) is 16.3. The van der Waals surface area contributed by atoms with Crippen LogP contribution in [0.1, 0.15) is 15.9 Å². The third-order valence-electron chi connectivity index (χ3n) is 2.89. The molecule has 0 aliphatic heterocycles. The molecule has 0 aromatic heterocycles. The fourth-order valence-electron chi connectivity index (χ4n) is 1.79. The van der Waals surface area contributed by atoms with Crippen LogP contribution < -0.4 is 4.74 Å². The molecule has 0 fully saturated rings. The van der Waals surface area contributed by atoms with Crippen LogP contribution in [0.2, 0.25) is 5.02 Å². The Kier molecular flexibility index (Phi) is 4.78. The summed E-state index contributed by atoms with van der Waals surface area (Å²) >= 11 is 5.82. The van der Waals surface area contributed by atoms with Crippen LogP contribution in [0.5, 0.6) is 11.5 Å². The average molecular weight is 325 g/mol. The molecule has 0 heterocycles. The molecule has 6 heteroatoms. The van der Waals surface area contributed by atoms with Crippen LogP contribution in [0.4, 0.5) is 8.78 Å². The minimum atomic E-state index is -0.808. The summed E-state index contributed by atoms with van der Waals surface area (Å²) in [6.45, 7) is 0. The van der Waals surface area contributed by atoms with E-state index in [1.807, 2.05) is 0 Å². The second-order valence-corrected chi connectivity index (χ2v) is 4.78. The molecule has 0 aliphatic rings. The summed E-state index contributed by atoms with van der Waals surface area (Å²) in [5, 5.41) is 9.65. The van der Waals surface area contributed by atoms with Gasteiger partial charge in [0.1, 0.15) is 11.6 Å². The van der Waals surface area contributed by atoms with E-state index in [-0.39, 0.29) is 22.1 Å². The number of halogens is 3. The standard InChI is InChI=1S/C16H11ClF2O3/c1-22-15-7-9(6-12(17)16(15)21)2-5-14(20)11-8-10(18)3-4-13(11)19/h2-8,21H,1H3/b5-2+. The highest BCUT2D eigenvalue weighted by atomic mass is 35.5. The molecule has 0 atom stereocenters. The van der Waals surface area contributed by atoms with Gasteiger partial charge in [0, 0.05) is 0 Å². The lowest BCUT2D eigenvalue weighted by molar-refractivity contribution is 0.104. The monoisotopic (exact) mass is 324 g/mol. The molecule has 2 aromatic rings. The van der Waals surface area contributed by atoms with Crippen LogP contribution in [0.15, 0.2) is 36.4 Å². The highest BCUT2D eigenvalue weighted by molar-refractivity contribution is 6.32. The third-order valence-corrected chi connectivity index (χ3v) is 3.18. The summed E-state index contributed by atoms with van der Waals surface area (Å²) in [4.78, 5) is 11.9. The van der Waals surface area contributed by atoms with Gasteiger partial charge in [-0.2, -0.15) is 0 Å². The van der Waals surface area contributed by atoms with E-state index in [2.05, 4.69) is 0 Å². The predicted octanol–water partition coefficient (Wildman–Crippen LogP) is 4.23. The number of carbonyl (C=O) groups excluding carboxylic acids is 1. The van der Waals surface area contributed by atoms with Gasteiger partial charge in [0.2, 0.25) is 0 Å². The van der Waals surface area contributed by atoms with Crippen LogP contribution in [0, 0.1) is 11.6 Å². The topological polar surface area (TPSA) is 46.5 Å². The lowest BCUT2D eigenvalue weighted by atomic mass is 10.1. The van der Waals surface area contributed by atoms with Crippen molar-refractivity contribution in [3.8, 4) is 11.5 Å². The van der Waals surface area contributed by atoms with E-state index < -0.39 is 17.4 Å². The second-order valence-electron chi connectivity index (χ2n) is 4.38. The van der Waals surface area contributed by atoms with Gasteiger partial charge in [-0.05, 0) is 42.0 Å². The number of phenolic OH excluding ortho intramolecular Hbond substituents is 1. The van der Waals surface area contributed by atoms with Gasteiger partial charge < -0.3 is 9.84 Å². The molecule has 0 aliphatic carbocycles. The van der Waals surface area contributed by atoms with Crippen molar-refractivity contribution in [1.29, 1.82) is 0 Å². The van der Waals surface area contributed by atoms with Crippen LogP contribution in [0.25, 0.3) is 6.08 Å². The number of methoxy groups -OCH3 is 1. The third kappa shape index (κ3) is 3.43. The highest BCUT2D eigenvalue weighted by Crippen LogP contribution is 2.35. The summed E-state index contributed by atoms with van der Waals surface area (Å²) < 4.78 is 31.5. The molecule has 2 rings (SSSR count). The van der Waals surface area contributed by atoms with Crippen molar-refractivity contribution in [3.63, 3.8) is 0 Å². The molecular formula is C16H11ClF2O3. The SMILES string of the molecule is COc1cc(/C=C/C(=O)c2cc(F)ccc2F)cc(Cl)c1O. The molecule has 2 aromatic carbocycles. The molecule has 0 spiro atoms. The first-order valence-corrected chi connectivity index (χ1v) is 6.54. The quantitative estimate of drug-likeness (QED) is 0.676. The van der Waals surface area contributed by atoms with E-state index in [1.54, 1.807) is 0 Å². The number of carbonyl (C=O) groups is 1. The number of hydrogen-bond acceptors (Lipinski definition) is 3. The zero-order valence-electron chi connectivity index (χ0n) is 11.4. The van der Waals surface area contributed by atoms with Crippen molar-refractivity contribution in [3.05, 3.63) is 64.2 Å². The molecule has 22 heavy (non-hydrogen) atoms. The molecule has 0 saturated heterocycles. The normalized spacial score (nSPS) is 10.9. The van der Waals surface area contributed by atoms with Gasteiger partial charge in [-0.3, -0.25) is 4.79 Å². The number of rotatable bonds is 4. The van der Waals surface area contributed by atoms with Crippen molar-refractivity contribution in [1.82, 2.24) is 0 Å². The van der Waals surface area contributed by atoms with Gasteiger partial charge >= 0.3 is 0 Å². The summed E-state index contributed by atoms with van der Waals surface area (Å²) in [5.41, 5.74) is 0.0953. The van der Waals surface area contributed by atoms with Crippen molar-refractivity contribution < 1.29 is 23.4 Å². The molecule has 0 amide bonds. The molecular weight excluding hydrogens is 314 g/mol. The number of benzene rings is 2. The van der Waals surface area contributed by atoms with Crippen molar-refractivity contribution in [2.24, 2.45) is 0 Å². The van der Waals surface area contributed by atoms with E-state index in [0.29, 0.717) is 5.56 Å². The lowest BCUT2D eigenvalue weighted by Crippen LogP contribution is -1.99. The Morgan fingerprint density at radius 1 is 1.27 bits per heavy atom. The maximum atomic E-state index is 13.5. The second kappa shape index (κ2) is 6.58. The summed E-state index contributed by atoms with van der Waals surface area (Å²) in [5.74, 6) is -2.29. The molecule has 3 nitrogen and oxygen atoms in total. The van der Waals surface area contributed by atoms with Crippen LogP contribution in [-0.2, 0) is 0 Å². The largest absolute Gasteiger partial charge is 0.503 e. The van der Waals surface area contributed by atoms with Crippen molar-refractivity contribution in [2.45, 2.75) is 0 Å². The summed E-state index contributed by atoms with van der Waals surface area (Å²) in [6, 6.07) is 5.50. The fourth-order valence-corrected chi connectivity index (χ4v) is 2.01. The number of phenols is 1. The van der Waals surface area contributed by atoms with Gasteiger partial charge in [0.15, 0.2) is 17.3 Å². The van der Waals surface area contributed by atoms with Gasteiger partial charge in [-0.25, -0.2) is 8.78 Å². The minimum absolute atomic E-state index is 0.0448. The first-order chi connectivity index (χ1) is 10.4. The number of ether oxygens (including phenoxy) is 1. The molecule has 0 radical (unpaired) electrons. The predicted molar refractivity (Wildman–Crippen MR) is 79.4 cm³/mol. The van der Waals surface area contributed by atoms with Gasteiger partial charge in [-0.1, -0.05) is 17.7 Å². The number of aromatic hydroxyl groups is 1. The first kappa shape index (κ1) is 16.0. The van der Waals surface area contributed by atoms with Crippen LogP contribution >= 0.6 is 11.6 Å². The van der Waals surface area contributed by atoms with E-state index in [4.69, 9.17) is 16.3 Å². The fraction of sp³-hybridized carbons (Fsp3) is 0.0625. The Labute approximate surface area is 130 Å². The van der Waals surface area contributed by atoms with Gasteiger partial charge in [-0.15, -0.1) is 0 Å². The summed E-state index contributed by atoms with van der Waals surface area (Å²) in [7, 11) is 1.35. The molecule has 0 bridgehead atoms. The van der Waals surface area contributed by atoms with Gasteiger partial charge in [0.05, 0.1) is 17.7 Å². The lowest BCUT2D eigenvalue weighted by Gasteiger charge is -2.06. The Hall–Kier alpha value is -2.40. The maximum absolute atomic E-state index is 13.5. The van der Waals surface area contributed by atoms with Crippen LogP contribution in [-0.4, -0.2) is 18.0 Å². The average Bonchev–Trinajstić information content (AvgIpc) is 2.50. The zero-order valence-corrected chi connectivity index (χ0v) is 12.2. The summed E-state index contributed by atoms with van der Waals surface area (Å²) in [6.07, 6.45) is 2.44. The molecule has 114 valence electrons. The first-order valence-electron chi connectivity index (χ1n) is 6.16. The van der Waals surface area contributed by atoms with Crippen molar-refractivity contribution in [2.75, 3.05) is 7.11 Å². The Morgan fingerprint density at radius 3 is 2.68 bits per heavy atom. The Balaban J connectivity index is 2.30. The maximum Gasteiger partial charge on any atom is 0.188 e. The number of hydrogen-bond donors (Lipinski definition) is 1. The molecule has 0 saturated carbocycles. The molecule has 1 N–H and O–H groups in total. The smallest absolute Gasteiger partial charge is 0.188 e. The van der Waals surface area contributed by atoms with E-state index in [1.165, 1.54) is 25.3 Å². The number of ketones is 1. The number of allylic oxidation sites excluding steroid dienone is 1.